The van der Waals surface area contributed by atoms with Crippen LogP contribution in [0.4, 0.5) is 5.82 Å². The number of nitrogen functional groups attached to an aromatic ring is 1. The highest BCUT2D eigenvalue weighted by atomic mass is 35.5. The van der Waals surface area contributed by atoms with Crippen LogP contribution in [-0.4, -0.2) is 30.4 Å². The summed E-state index contributed by atoms with van der Waals surface area (Å²) in [6.45, 7) is 0. The fourth-order valence-electron chi connectivity index (χ4n) is 0.580. The molecule has 7 nitrogen and oxygen atoms in total. The molecule has 0 unspecified atom stereocenters. The minimum Gasteiger partial charge on any atom is -0.381 e. The molecule has 0 atom stereocenters. The van der Waals surface area contributed by atoms with Gasteiger partial charge in [0.15, 0.2) is 21.3 Å². The molecule has 2 aromatic heterocycles. The Kier molecular flexibility index (Phi) is 5.97. The molecule has 2 heterocycles. The van der Waals surface area contributed by atoms with Crippen LogP contribution in [0.1, 0.15) is 0 Å². The molecule has 2 aromatic rings. The van der Waals surface area contributed by atoms with Crippen molar-refractivity contribution in [1.82, 2.24) is 30.4 Å². The molecule has 96 valence electrons. The lowest BCUT2D eigenvalue weighted by atomic mass is 10.8. The van der Waals surface area contributed by atoms with Crippen molar-refractivity contribution in [3.8, 4) is 0 Å². The van der Waals surface area contributed by atoms with E-state index in [1.807, 2.05) is 0 Å². The molecule has 0 aliphatic carbocycles. The van der Waals surface area contributed by atoms with Gasteiger partial charge in [-0.25, -0.2) is 4.98 Å². The Labute approximate surface area is 126 Å². The van der Waals surface area contributed by atoms with Crippen molar-refractivity contribution in [3.63, 3.8) is 0 Å². The van der Waals surface area contributed by atoms with Gasteiger partial charge in [0, 0.05) is 0 Å². The zero-order valence-corrected chi connectivity index (χ0v) is 11.9. The van der Waals surface area contributed by atoms with Gasteiger partial charge in [-0.2, -0.15) is 4.98 Å². The van der Waals surface area contributed by atoms with E-state index >= 15 is 0 Å². The number of aromatic nitrogens is 6. The molecule has 0 amide bonds. The molecule has 0 aliphatic heterocycles. The summed E-state index contributed by atoms with van der Waals surface area (Å²) in [5, 5.41) is 13.6. The number of halogens is 5. The summed E-state index contributed by atoms with van der Waals surface area (Å²) in [7, 11) is 0. The van der Waals surface area contributed by atoms with E-state index in [0.717, 1.165) is 0 Å². The van der Waals surface area contributed by atoms with E-state index in [1.54, 1.807) is 0 Å². The molecule has 0 aliphatic rings. The van der Waals surface area contributed by atoms with Gasteiger partial charge in [-0.05, 0) is 23.2 Å². The first-order valence-corrected chi connectivity index (χ1v) is 5.81. The van der Waals surface area contributed by atoms with Crippen LogP contribution in [0.3, 0.4) is 0 Å². The first-order valence-electron chi connectivity index (χ1n) is 3.92. The van der Waals surface area contributed by atoms with Gasteiger partial charge in [0.1, 0.15) is 0 Å². The molecule has 12 heteroatoms. The normalized spacial score (nSPS) is 9.61. The number of anilines is 1. The monoisotopic (exact) mass is 347 g/mol. The van der Waals surface area contributed by atoms with E-state index in [0.29, 0.717) is 0 Å². The summed E-state index contributed by atoms with van der Waals surface area (Å²) in [5.41, 5.74) is 5.19. The molecule has 18 heavy (non-hydrogen) atoms. The maximum absolute atomic E-state index is 5.38. The molecule has 0 bridgehead atoms. The second-order valence-corrected chi connectivity index (χ2v) is 4.17. The van der Waals surface area contributed by atoms with Crippen LogP contribution in [-0.2, 0) is 0 Å². The summed E-state index contributed by atoms with van der Waals surface area (Å²) in [5.74, 6) is 0.0941. The van der Waals surface area contributed by atoms with E-state index in [1.165, 1.54) is 0 Å². The van der Waals surface area contributed by atoms with Crippen molar-refractivity contribution >= 4 is 63.8 Å². The number of hydrogen-bond acceptors (Lipinski definition) is 7. The van der Waals surface area contributed by atoms with E-state index in [2.05, 4.69) is 30.4 Å². The third-order valence-electron chi connectivity index (χ3n) is 1.23. The molecule has 2 rings (SSSR count). The third kappa shape index (κ3) is 4.87. The van der Waals surface area contributed by atoms with Crippen molar-refractivity contribution in [2.24, 2.45) is 0 Å². The fourth-order valence-corrected chi connectivity index (χ4v) is 1.15. The van der Waals surface area contributed by atoms with Crippen molar-refractivity contribution < 1.29 is 0 Å². The second kappa shape index (κ2) is 7.01. The van der Waals surface area contributed by atoms with Crippen molar-refractivity contribution in [2.45, 2.75) is 0 Å². The van der Waals surface area contributed by atoms with Crippen LogP contribution in [0.2, 0.25) is 26.0 Å². The zero-order chi connectivity index (χ0) is 13.7. The Morgan fingerprint density at radius 3 is 1.50 bits per heavy atom. The summed E-state index contributed by atoms with van der Waals surface area (Å²) in [6, 6.07) is 0. The fraction of sp³-hybridized carbons (Fsp3) is 0. The van der Waals surface area contributed by atoms with Crippen LogP contribution in [0, 0.1) is 0 Å². The highest BCUT2D eigenvalue weighted by Gasteiger charge is 2.00. The zero-order valence-electron chi connectivity index (χ0n) is 8.15. The van der Waals surface area contributed by atoms with Crippen molar-refractivity contribution in [2.75, 3.05) is 5.73 Å². The molecule has 0 fully saturated rings. The van der Waals surface area contributed by atoms with E-state index in [4.69, 9.17) is 63.7 Å². The van der Waals surface area contributed by atoms with Gasteiger partial charge < -0.3 is 5.73 Å². The van der Waals surface area contributed by atoms with Crippen molar-refractivity contribution in [3.05, 3.63) is 26.0 Å². The Morgan fingerprint density at radius 1 is 0.611 bits per heavy atom. The molecule has 0 saturated carbocycles. The lowest BCUT2D eigenvalue weighted by molar-refractivity contribution is 0.971. The molecule has 0 radical (unpaired) electrons. The maximum atomic E-state index is 5.38. The van der Waals surface area contributed by atoms with Gasteiger partial charge in [-0.3, -0.25) is 0 Å². The summed E-state index contributed by atoms with van der Waals surface area (Å²) in [4.78, 5) is 7.01. The average Bonchev–Trinajstić information content (AvgIpc) is 2.30. The topological polar surface area (TPSA) is 103 Å². The van der Waals surface area contributed by atoms with Crippen LogP contribution in [0.5, 0.6) is 0 Å². The molecule has 0 saturated heterocycles. The lowest BCUT2D eigenvalue weighted by Gasteiger charge is -1.91. The predicted molar refractivity (Wildman–Crippen MR) is 69.1 cm³/mol. The Hall–Kier alpha value is -0.730. The maximum Gasteiger partial charge on any atom is 0.245 e. The Morgan fingerprint density at radius 2 is 1.11 bits per heavy atom. The highest BCUT2D eigenvalue weighted by molar-refractivity contribution is 6.40. The first-order chi connectivity index (χ1) is 8.40. The SMILES string of the molecule is Clc1nnc(Cl)c(Cl)n1.Nc1nc(Cl)nnc1Cl. The predicted octanol–water partition coefficient (Wildman–Crippen LogP) is 2.59. The van der Waals surface area contributed by atoms with Gasteiger partial charge in [0.2, 0.25) is 10.6 Å². The summed E-state index contributed by atoms with van der Waals surface area (Å²) >= 11 is 26.7. The van der Waals surface area contributed by atoms with Gasteiger partial charge in [-0.1, -0.05) is 34.8 Å². The number of nitrogens with two attached hydrogens (primary N) is 1. The largest absolute Gasteiger partial charge is 0.381 e. The average molecular weight is 349 g/mol. The lowest BCUT2D eigenvalue weighted by Crippen LogP contribution is -1.96. The second-order valence-electron chi connectivity index (χ2n) is 2.42. The van der Waals surface area contributed by atoms with E-state index < -0.39 is 0 Å². The van der Waals surface area contributed by atoms with Crippen LogP contribution in [0.15, 0.2) is 0 Å². The van der Waals surface area contributed by atoms with Crippen LogP contribution >= 0.6 is 58.0 Å². The molecular weight excluding hydrogens is 347 g/mol. The minimum atomic E-state index is -0.00981. The molecule has 0 spiro atoms. The van der Waals surface area contributed by atoms with Gasteiger partial charge in [0.05, 0.1) is 0 Å². The number of rotatable bonds is 0. The third-order valence-corrected chi connectivity index (χ3v) is 2.43. The Balaban J connectivity index is 0.000000180. The van der Waals surface area contributed by atoms with Gasteiger partial charge in [0.25, 0.3) is 0 Å². The Bertz CT molecular complexity index is 500. The van der Waals surface area contributed by atoms with Crippen molar-refractivity contribution in [1.29, 1.82) is 0 Å². The first kappa shape index (κ1) is 15.3. The van der Waals surface area contributed by atoms with Gasteiger partial charge >= 0.3 is 0 Å². The van der Waals surface area contributed by atoms with Gasteiger partial charge in [-0.15, -0.1) is 20.4 Å². The van der Waals surface area contributed by atoms with E-state index in [-0.39, 0.29) is 31.8 Å². The minimum absolute atomic E-state index is 0.00287. The smallest absolute Gasteiger partial charge is 0.245 e. The van der Waals surface area contributed by atoms with Crippen LogP contribution in [0.25, 0.3) is 0 Å². The summed E-state index contributed by atoms with van der Waals surface area (Å²) in [6.07, 6.45) is 0. The molecule has 2 N–H and O–H groups in total. The summed E-state index contributed by atoms with van der Waals surface area (Å²) < 4.78 is 0. The number of hydrogen-bond donors (Lipinski definition) is 1. The highest BCUT2D eigenvalue weighted by Crippen LogP contribution is 2.15. The standard InChI is InChI=1S/C3Cl3N3.C3H2Cl2N4/c4-1-2(5)8-9-3(6)7-1;4-1-2(6)7-3(5)9-8-1/h;(H2,6,7,9). The number of nitrogens with zero attached hydrogens (tertiary/aromatic N) is 6. The van der Waals surface area contributed by atoms with E-state index in [9.17, 15) is 0 Å². The molecule has 0 aromatic carbocycles. The molecular formula is C6H2Cl5N7. The quantitative estimate of drug-likeness (QED) is 0.779. The van der Waals surface area contributed by atoms with Crippen LogP contribution < -0.4 is 5.73 Å².